The number of ketones is 1. The average molecular weight is 517 g/mol. The Morgan fingerprint density at radius 1 is 0.895 bits per heavy atom. The van der Waals surface area contributed by atoms with E-state index in [-0.39, 0.29) is 11.3 Å². The molecule has 7 heteroatoms. The van der Waals surface area contributed by atoms with Crippen LogP contribution in [0.1, 0.15) is 64.9 Å². The number of amides is 2. The molecule has 0 atom stereocenters. The molecule has 1 aromatic carbocycles. The number of Topliss-reactive ketones (excluding diaryl/α,β-unsaturated/α-hetero) is 1. The van der Waals surface area contributed by atoms with Crippen LogP contribution in [0.2, 0.25) is 0 Å². The van der Waals surface area contributed by atoms with Crippen molar-refractivity contribution in [1.29, 1.82) is 0 Å². The van der Waals surface area contributed by atoms with Crippen LogP contribution >= 0.6 is 0 Å². The van der Waals surface area contributed by atoms with E-state index in [9.17, 15) is 14.4 Å². The van der Waals surface area contributed by atoms with Gasteiger partial charge >= 0.3 is 6.09 Å². The van der Waals surface area contributed by atoms with Gasteiger partial charge in [-0.1, -0.05) is 12.1 Å². The summed E-state index contributed by atoms with van der Waals surface area (Å²) >= 11 is 0. The van der Waals surface area contributed by atoms with E-state index in [1.807, 2.05) is 62.0 Å². The van der Waals surface area contributed by atoms with Gasteiger partial charge in [0, 0.05) is 29.3 Å². The molecule has 4 aliphatic rings. The van der Waals surface area contributed by atoms with Crippen LogP contribution in [0.25, 0.3) is 6.08 Å². The van der Waals surface area contributed by atoms with Crippen LogP contribution in [0.5, 0.6) is 0 Å². The molecule has 0 spiro atoms. The number of nitrogens with one attached hydrogen (secondary N) is 2. The van der Waals surface area contributed by atoms with Gasteiger partial charge in [-0.05, 0) is 101 Å². The Kier molecular flexibility index (Phi) is 7.12. The highest BCUT2D eigenvalue weighted by atomic mass is 16.6. The molecular formula is C31H38N3O4+. The molecule has 200 valence electrons. The number of hydrogen-bond donors (Lipinski definition) is 2. The molecule has 0 saturated heterocycles. The van der Waals surface area contributed by atoms with Gasteiger partial charge < -0.3 is 10.1 Å². The second-order valence-electron chi connectivity index (χ2n) is 12.5. The Labute approximate surface area is 224 Å². The third-order valence-corrected chi connectivity index (χ3v) is 8.10. The van der Waals surface area contributed by atoms with Crippen LogP contribution in [0.15, 0.2) is 54.9 Å². The second kappa shape index (κ2) is 10.4. The summed E-state index contributed by atoms with van der Waals surface area (Å²) in [7, 11) is 0. The summed E-state index contributed by atoms with van der Waals surface area (Å²) < 4.78 is 7.18. The van der Waals surface area contributed by atoms with Crippen molar-refractivity contribution < 1.29 is 23.7 Å². The van der Waals surface area contributed by atoms with Crippen LogP contribution in [0.4, 0.5) is 16.2 Å². The molecule has 6 rings (SSSR count). The molecule has 4 saturated carbocycles. The summed E-state index contributed by atoms with van der Waals surface area (Å²) in [5, 5.41) is 5.55. The first-order chi connectivity index (χ1) is 18.0. The van der Waals surface area contributed by atoms with Gasteiger partial charge in [0.25, 0.3) is 0 Å². The first-order valence-corrected chi connectivity index (χ1v) is 13.7. The minimum absolute atomic E-state index is 0.0938. The van der Waals surface area contributed by atoms with E-state index < -0.39 is 11.7 Å². The SMILES string of the molecule is CC(C)(C)OC(=O)Nc1ccc(/C=C/C(=O)Nc2cc[n+](CC(=O)C34CC5CC(CC(C5)C3)C4)cc2)cc1. The lowest BCUT2D eigenvalue weighted by atomic mass is 9.48. The van der Waals surface area contributed by atoms with E-state index in [1.54, 1.807) is 18.2 Å². The fourth-order valence-corrected chi connectivity index (χ4v) is 6.89. The summed E-state index contributed by atoms with van der Waals surface area (Å²) in [5.41, 5.74) is 1.45. The highest BCUT2D eigenvalue weighted by molar-refractivity contribution is 6.01. The molecule has 1 heterocycles. The topological polar surface area (TPSA) is 88.4 Å². The number of anilines is 2. The Bertz CT molecular complexity index is 1190. The molecule has 4 aliphatic carbocycles. The molecule has 0 aliphatic heterocycles. The lowest BCUT2D eigenvalue weighted by molar-refractivity contribution is -0.684. The van der Waals surface area contributed by atoms with E-state index in [4.69, 9.17) is 4.74 Å². The van der Waals surface area contributed by atoms with Crippen molar-refractivity contribution >= 4 is 35.2 Å². The first kappa shape index (κ1) is 26.1. The van der Waals surface area contributed by atoms with Gasteiger partial charge in [-0.2, -0.15) is 4.57 Å². The summed E-state index contributed by atoms with van der Waals surface area (Å²) in [6, 6.07) is 10.8. The van der Waals surface area contributed by atoms with Gasteiger partial charge in [0.15, 0.2) is 12.4 Å². The van der Waals surface area contributed by atoms with Crippen molar-refractivity contribution in [3.05, 3.63) is 60.4 Å². The predicted molar refractivity (Wildman–Crippen MR) is 146 cm³/mol. The fraction of sp³-hybridized carbons (Fsp3) is 0.484. The zero-order chi connectivity index (χ0) is 26.9. The van der Waals surface area contributed by atoms with E-state index in [0.29, 0.717) is 23.7 Å². The lowest BCUT2D eigenvalue weighted by Crippen LogP contribution is -2.53. The van der Waals surface area contributed by atoms with Crippen LogP contribution < -0.4 is 15.2 Å². The van der Waals surface area contributed by atoms with E-state index >= 15 is 0 Å². The van der Waals surface area contributed by atoms with Crippen LogP contribution in [0, 0.1) is 23.2 Å². The number of carbonyl (C=O) groups is 3. The Morgan fingerprint density at radius 3 is 2.00 bits per heavy atom. The van der Waals surface area contributed by atoms with Crippen molar-refractivity contribution in [2.24, 2.45) is 23.2 Å². The molecule has 2 aromatic rings. The van der Waals surface area contributed by atoms with Crippen molar-refractivity contribution in [1.82, 2.24) is 0 Å². The highest BCUT2D eigenvalue weighted by Crippen LogP contribution is 2.60. The summed E-state index contributed by atoms with van der Waals surface area (Å²) in [6.07, 6.45) is 13.7. The molecule has 2 N–H and O–H groups in total. The number of aromatic nitrogens is 1. The van der Waals surface area contributed by atoms with Crippen molar-refractivity contribution in [3.63, 3.8) is 0 Å². The minimum Gasteiger partial charge on any atom is -0.444 e. The standard InChI is InChI=1S/C31H37N3O4/c1-30(2,3)38-29(37)33-25-7-4-21(5-8-25)6-9-28(36)32-26-10-12-34(13-11-26)20-27(35)31-17-22-14-23(18-31)16-24(15-22)19-31/h4-13,22-24H,14-20H2,1-3H3,(H,33,36,37)/p+1. The third-order valence-electron chi connectivity index (χ3n) is 8.10. The van der Waals surface area contributed by atoms with Gasteiger partial charge in [-0.15, -0.1) is 0 Å². The zero-order valence-corrected chi connectivity index (χ0v) is 22.5. The molecule has 38 heavy (non-hydrogen) atoms. The monoisotopic (exact) mass is 516 g/mol. The van der Waals surface area contributed by atoms with Crippen molar-refractivity contribution in [2.45, 2.75) is 71.4 Å². The number of rotatable bonds is 7. The maximum Gasteiger partial charge on any atom is 0.412 e. The smallest absolute Gasteiger partial charge is 0.412 e. The molecule has 4 bridgehead atoms. The Hall–Kier alpha value is -3.48. The highest BCUT2D eigenvalue weighted by Gasteiger charge is 2.54. The van der Waals surface area contributed by atoms with Crippen molar-refractivity contribution in [2.75, 3.05) is 10.6 Å². The first-order valence-electron chi connectivity index (χ1n) is 13.7. The predicted octanol–water partition coefficient (Wildman–Crippen LogP) is 5.76. The average Bonchev–Trinajstić information content (AvgIpc) is 2.83. The number of benzene rings is 1. The third kappa shape index (κ3) is 6.32. The van der Waals surface area contributed by atoms with Gasteiger partial charge in [-0.3, -0.25) is 14.9 Å². The lowest BCUT2D eigenvalue weighted by Gasteiger charge is -2.55. The number of carbonyl (C=O) groups excluding carboxylic acids is 3. The van der Waals surface area contributed by atoms with E-state index in [2.05, 4.69) is 10.6 Å². The van der Waals surface area contributed by atoms with Crippen LogP contribution in [-0.4, -0.2) is 23.4 Å². The van der Waals surface area contributed by atoms with Gasteiger partial charge in [0.2, 0.25) is 18.2 Å². The summed E-state index contributed by atoms with van der Waals surface area (Å²) in [4.78, 5) is 37.7. The molecule has 4 fully saturated rings. The number of pyridine rings is 1. The second-order valence-corrected chi connectivity index (χ2v) is 12.5. The van der Waals surface area contributed by atoms with E-state index in [1.165, 1.54) is 25.3 Å². The molecule has 0 radical (unpaired) electrons. The minimum atomic E-state index is -0.565. The molecular weight excluding hydrogens is 478 g/mol. The Morgan fingerprint density at radius 2 is 1.45 bits per heavy atom. The van der Waals surface area contributed by atoms with Gasteiger partial charge in [0.1, 0.15) is 5.60 Å². The quantitative estimate of drug-likeness (QED) is 0.362. The fourth-order valence-electron chi connectivity index (χ4n) is 6.89. The van der Waals surface area contributed by atoms with Gasteiger partial charge in [-0.25, -0.2) is 4.79 Å². The zero-order valence-electron chi connectivity index (χ0n) is 22.5. The van der Waals surface area contributed by atoms with Crippen molar-refractivity contribution in [3.8, 4) is 0 Å². The molecule has 7 nitrogen and oxygen atoms in total. The summed E-state index contributed by atoms with van der Waals surface area (Å²) in [6.45, 7) is 5.83. The maximum absolute atomic E-state index is 13.4. The molecule has 1 aromatic heterocycles. The number of hydrogen-bond acceptors (Lipinski definition) is 4. The Balaban J connectivity index is 1.11. The van der Waals surface area contributed by atoms with Gasteiger partial charge in [0.05, 0.1) is 5.69 Å². The van der Waals surface area contributed by atoms with Crippen LogP contribution in [0.3, 0.4) is 0 Å². The number of nitrogens with zero attached hydrogens (tertiary/aromatic N) is 1. The van der Waals surface area contributed by atoms with Crippen LogP contribution in [-0.2, 0) is 20.9 Å². The number of ether oxygens (including phenoxy) is 1. The largest absolute Gasteiger partial charge is 0.444 e. The molecule has 0 unspecified atom stereocenters. The normalized spacial score (nSPS) is 25.8. The summed E-state index contributed by atoms with van der Waals surface area (Å²) in [5.74, 6) is 2.41. The molecule has 2 amide bonds. The van der Waals surface area contributed by atoms with E-state index in [0.717, 1.165) is 42.6 Å². The maximum atomic E-state index is 13.4.